The molecule has 2 bridgehead atoms. The van der Waals surface area contributed by atoms with Crippen molar-refractivity contribution in [2.45, 2.75) is 37.9 Å². The molecule has 36 heavy (non-hydrogen) atoms. The number of aromatic nitrogens is 2. The number of halogens is 1. The van der Waals surface area contributed by atoms with Gasteiger partial charge in [0.05, 0.1) is 19.2 Å². The highest BCUT2D eigenvalue weighted by Gasteiger charge is 2.43. The van der Waals surface area contributed by atoms with E-state index in [9.17, 15) is 9.18 Å². The van der Waals surface area contributed by atoms with Crippen LogP contribution in [0.3, 0.4) is 0 Å². The lowest BCUT2D eigenvalue weighted by molar-refractivity contribution is -0.0278. The predicted octanol–water partition coefficient (Wildman–Crippen LogP) is 4.91. The topological polar surface area (TPSA) is 83.0 Å². The summed E-state index contributed by atoms with van der Waals surface area (Å²) in [6.07, 6.45) is 4.95. The number of hydrogen-bond acceptors (Lipinski definition) is 8. The number of ether oxygens (including phenoxy) is 4. The molecule has 3 atom stereocenters. The number of benzene rings is 1. The number of amides is 1. The van der Waals surface area contributed by atoms with E-state index in [1.165, 1.54) is 30.8 Å². The Balaban J connectivity index is 1.25. The Morgan fingerprint density at radius 2 is 2.03 bits per heavy atom. The number of likely N-dealkylation sites (tertiary alicyclic amines) is 1. The molecule has 3 aliphatic rings. The molecule has 3 fully saturated rings. The first-order chi connectivity index (χ1) is 17.6. The molecule has 1 amide bonds. The number of methoxy groups -OCH3 is 1. The van der Waals surface area contributed by atoms with Crippen molar-refractivity contribution in [2.75, 3.05) is 33.4 Å². The van der Waals surface area contributed by atoms with Crippen LogP contribution in [0.1, 0.15) is 25.7 Å². The first-order valence-corrected chi connectivity index (χ1v) is 13.2. The van der Waals surface area contributed by atoms with Gasteiger partial charge in [-0.15, -0.1) is 11.3 Å². The standard InChI is InChI=1S/C26H28FN3O5S/c1-32-18-5-6-19(21(27)9-18)20-13-36-24-22(20)28-14-29-25(24)35-23-15-7-8-33-12-16(23)11-30(10-15)26(31)34-17-3-2-4-17/h5-6,9,13-17,23H,2-4,7-8,10-12H2,1H3. The second-order valence-electron chi connectivity index (χ2n) is 9.66. The van der Waals surface area contributed by atoms with E-state index in [0.717, 1.165) is 30.4 Å². The molecular weight excluding hydrogens is 485 g/mol. The maximum Gasteiger partial charge on any atom is 0.410 e. The van der Waals surface area contributed by atoms with Crippen LogP contribution < -0.4 is 9.47 Å². The van der Waals surface area contributed by atoms with Crippen molar-refractivity contribution in [3.8, 4) is 22.8 Å². The van der Waals surface area contributed by atoms with Gasteiger partial charge < -0.3 is 23.8 Å². The quantitative estimate of drug-likeness (QED) is 0.479. The van der Waals surface area contributed by atoms with Gasteiger partial charge in [-0.2, -0.15) is 0 Å². The maximum absolute atomic E-state index is 14.8. The number of hydrogen-bond donors (Lipinski definition) is 0. The van der Waals surface area contributed by atoms with Crippen molar-refractivity contribution in [1.82, 2.24) is 14.9 Å². The Labute approximate surface area is 212 Å². The van der Waals surface area contributed by atoms with Gasteiger partial charge in [0.15, 0.2) is 0 Å². The molecule has 1 aliphatic carbocycles. The molecule has 1 saturated carbocycles. The van der Waals surface area contributed by atoms with Crippen LogP contribution in [0.2, 0.25) is 0 Å². The molecular formula is C26H28FN3O5S. The van der Waals surface area contributed by atoms with Crippen LogP contribution in [0, 0.1) is 17.7 Å². The zero-order valence-corrected chi connectivity index (χ0v) is 20.8. The molecule has 0 spiro atoms. The molecule has 0 N–H and O–H groups in total. The number of thiophene rings is 1. The lowest BCUT2D eigenvalue weighted by atomic mass is 9.85. The summed E-state index contributed by atoms with van der Waals surface area (Å²) < 4.78 is 38.8. The summed E-state index contributed by atoms with van der Waals surface area (Å²) in [6, 6.07) is 4.80. The summed E-state index contributed by atoms with van der Waals surface area (Å²) in [4.78, 5) is 23.5. The molecule has 6 rings (SSSR count). The fourth-order valence-corrected chi connectivity index (χ4v) is 6.18. The van der Waals surface area contributed by atoms with Gasteiger partial charge in [-0.05, 0) is 37.8 Å². The summed E-state index contributed by atoms with van der Waals surface area (Å²) in [5.41, 5.74) is 1.79. The lowest BCUT2D eigenvalue weighted by Gasteiger charge is -2.41. The molecule has 190 valence electrons. The van der Waals surface area contributed by atoms with Crippen LogP contribution in [0.25, 0.3) is 21.3 Å². The maximum atomic E-state index is 14.8. The van der Waals surface area contributed by atoms with E-state index in [1.807, 2.05) is 10.3 Å². The van der Waals surface area contributed by atoms with Gasteiger partial charge in [0, 0.05) is 54.1 Å². The lowest BCUT2D eigenvalue weighted by Crippen LogP contribution is -2.54. The second kappa shape index (κ2) is 9.82. The smallest absolute Gasteiger partial charge is 0.410 e. The molecule has 2 aliphatic heterocycles. The molecule has 2 saturated heterocycles. The Bertz CT molecular complexity index is 1250. The number of piperidine rings is 1. The van der Waals surface area contributed by atoms with E-state index in [4.69, 9.17) is 18.9 Å². The molecule has 3 aromatic rings. The van der Waals surface area contributed by atoms with Crippen LogP contribution in [-0.2, 0) is 9.47 Å². The summed E-state index contributed by atoms with van der Waals surface area (Å²) in [7, 11) is 1.51. The van der Waals surface area contributed by atoms with E-state index in [1.54, 1.807) is 12.1 Å². The normalized spacial score (nSPS) is 24.2. The molecule has 3 unspecified atom stereocenters. The summed E-state index contributed by atoms with van der Waals surface area (Å²) >= 11 is 1.43. The van der Waals surface area contributed by atoms with Gasteiger partial charge >= 0.3 is 6.09 Å². The van der Waals surface area contributed by atoms with Crippen molar-refractivity contribution in [3.05, 3.63) is 35.7 Å². The Morgan fingerprint density at radius 1 is 1.17 bits per heavy atom. The second-order valence-corrected chi connectivity index (χ2v) is 10.5. The highest BCUT2D eigenvalue weighted by molar-refractivity contribution is 7.18. The predicted molar refractivity (Wildman–Crippen MR) is 132 cm³/mol. The minimum Gasteiger partial charge on any atom is -0.497 e. The van der Waals surface area contributed by atoms with E-state index in [-0.39, 0.29) is 36.0 Å². The zero-order chi connectivity index (χ0) is 24.6. The van der Waals surface area contributed by atoms with Crippen molar-refractivity contribution >= 4 is 27.6 Å². The van der Waals surface area contributed by atoms with Crippen molar-refractivity contribution in [2.24, 2.45) is 11.8 Å². The van der Waals surface area contributed by atoms with E-state index in [0.29, 0.717) is 54.6 Å². The Kier molecular flexibility index (Phi) is 6.39. The SMILES string of the molecule is COc1ccc(-c2csc3c(OC4C5CCOCC4CN(C(=O)OC4CCC4)C5)ncnc23)c(F)c1. The van der Waals surface area contributed by atoms with E-state index in [2.05, 4.69) is 9.97 Å². The highest BCUT2D eigenvalue weighted by atomic mass is 32.1. The van der Waals surface area contributed by atoms with Crippen LogP contribution in [0.5, 0.6) is 11.6 Å². The van der Waals surface area contributed by atoms with E-state index >= 15 is 0 Å². The van der Waals surface area contributed by atoms with Crippen LogP contribution in [-0.4, -0.2) is 66.6 Å². The van der Waals surface area contributed by atoms with Crippen molar-refractivity contribution in [1.29, 1.82) is 0 Å². The van der Waals surface area contributed by atoms with Gasteiger partial charge in [0.2, 0.25) is 5.88 Å². The van der Waals surface area contributed by atoms with Crippen LogP contribution in [0.4, 0.5) is 9.18 Å². The third-order valence-electron chi connectivity index (χ3n) is 7.42. The molecule has 4 heterocycles. The molecule has 0 radical (unpaired) electrons. The Morgan fingerprint density at radius 3 is 2.81 bits per heavy atom. The molecule has 1 aromatic carbocycles. The number of carbonyl (C=O) groups excluding carboxylic acids is 1. The van der Waals surface area contributed by atoms with Crippen LogP contribution >= 0.6 is 11.3 Å². The molecule has 10 heteroatoms. The first kappa shape index (κ1) is 23.4. The van der Waals surface area contributed by atoms with Gasteiger partial charge in [0.25, 0.3) is 0 Å². The largest absolute Gasteiger partial charge is 0.497 e. The van der Waals surface area contributed by atoms with Gasteiger partial charge in [0.1, 0.15) is 34.8 Å². The first-order valence-electron chi connectivity index (χ1n) is 12.4. The average molecular weight is 514 g/mol. The van der Waals surface area contributed by atoms with Crippen LogP contribution in [0.15, 0.2) is 29.9 Å². The monoisotopic (exact) mass is 513 g/mol. The molecule has 2 aromatic heterocycles. The third-order valence-corrected chi connectivity index (χ3v) is 8.37. The van der Waals surface area contributed by atoms with E-state index < -0.39 is 0 Å². The summed E-state index contributed by atoms with van der Waals surface area (Å²) in [5, 5.41) is 1.88. The minimum atomic E-state index is -0.376. The van der Waals surface area contributed by atoms with Crippen molar-refractivity contribution < 1.29 is 28.1 Å². The highest BCUT2D eigenvalue weighted by Crippen LogP contribution is 2.40. The minimum absolute atomic E-state index is 0.00340. The number of fused-ring (bicyclic) bond motifs is 3. The number of rotatable bonds is 5. The summed E-state index contributed by atoms with van der Waals surface area (Å²) in [6.45, 7) is 2.23. The van der Waals surface area contributed by atoms with Crippen molar-refractivity contribution in [3.63, 3.8) is 0 Å². The molecule has 8 nitrogen and oxygen atoms in total. The number of carbonyl (C=O) groups is 1. The van der Waals surface area contributed by atoms with Gasteiger partial charge in [-0.3, -0.25) is 0 Å². The fraction of sp³-hybridized carbons (Fsp3) is 0.500. The van der Waals surface area contributed by atoms with Gasteiger partial charge in [-0.25, -0.2) is 19.2 Å². The number of nitrogens with zero attached hydrogens (tertiary/aromatic N) is 3. The Hall–Kier alpha value is -2.98. The zero-order valence-electron chi connectivity index (χ0n) is 20.0. The average Bonchev–Trinajstić information content (AvgIpc) is 3.25. The fourth-order valence-electron chi connectivity index (χ4n) is 5.23. The van der Waals surface area contributed by atoms with Gasteiger partial charge in [-0.1, -0.05) is 0 Å². The summed E-state index contributed by atoms with van der Waals surface area (Å²) in [5.74, 6) is 0.673. The third kappa shape index (κ3) is 4.37.